The standard InChI is InChI=1S/C13H19N3O3S.ClH/c1-4-15-11(17)10-8(2)9(7-14)20-12(10)16(13(15)18)5-6-19-3;/h4-7,14H2,1-3H3;1H. The number of halogens is 1. The highest BCUT2D eigenvalue weighted by atomic mass is 35.5. The lowest BCUT2D eigenvalue weighted by molar-refractivity contribution is 0.186. The van der Waals surface area contributed by atoms with Crippen LogP contribution in [-0.4, -0.2) is 22.9 Å². The first-order valence-corrected chi connectivity index (χ1v) is 7.33. The van der Waals surface area contributed by atoms with Gasteiger partial charge in [0.25, 0.3) is 5.56 Å². The van der Waals surface area contributed by atoms with Crippen molar-refractivity contribution >= 4 is 34.0 Å². The molecule has 0 aliphatic carbocycles. The molecule has 8 heteroatoms. The zero-order valence-corrected chi connectivity index (χ0v) is 14.0. The van der Waals surface area contributed by atoms with Gasteiger partial charge < -0.3 is 10.5 Å². The second-order valence-corrected chi connectivity index (χ2v) is 5.59. The van der Waals surface area contributed by atoms with E-state index in [-0.39, 0.29) is 23.7 Å². The second-order valence-electron chi connectivity index (χ2n) is 4.51. The van der Waals surface area contributed by atoms with Crippen LogP contribution in [0.5, 0.6) is 0 Å². The maximum Gasteiger partial charge on any atom is 0.332 e. The van der Waals surface area contributed by atoms with Crippen molar-refractivity contribution in [3.05, 3.63) is 31.3 Å². The first-order chi connectivity index (χ1) is 9.56. The van der Waals surface area contributed by atoms with Gasteiger partial charge in [0.2, 0.25) is 0 Å². The van der Waals surface area contributed by atoms with Crippen LogP contribution >= 0.6 is 23.7 Å². The number of rotatable bonds is 5. The molecule has 0 saturated carbocycles. The molecule has 0 aliphatic rings. The van der Waals surface area contributed by atoms with E-state index in [9.17, 15) is 9.59 Å². The molecular formula is C13H20ClN3O3S. The van der Waals surface area contributed by atoms with E-state index in [0.717, 1.165) is 10.4 Å². The summed E-state index contributed by atoms with van der Waals surface area (Å²) in [5, 5.41) is 0.605. The SMILES string of the molecule is CCn1c(=O)c2c(C)c(CN)sc2n(CCOC)c1=O.Cl. The molecule has 118 valence electrons. The van der Waals surface area contributed by atoms with Gasteiger partial charge >= 0.3 is 5.69 Å². The van der Waals surface area contributed by atoms with Crippen LogP contribution in [0, 0.1) is 6.92 Å². The highest BCUT2D eigenvalue weighted by Gasteiger charge is 2.18. The summed E-state index contributed by atoms with van der Waals surface area (Å²) in [5.41, 5.74) is 6.08. The third kappa shape index (κ3) is 2.91. The molecule has 0 aromatic carbocycles. The monoisotopic (exact) mass is 333 g/mol. The molecule has 0 saturated heterocycles. The predicted octanol–water partition coefficient (Wildman–Crippen LogP) is 1.08. The van der Waals surface area contributed by atoms with E-state index in [0.29, 0.717) is 36.5 Å². The molecule has 0 aliphatic heterocycles. The number of nitrogens with two attached hydrogens (primary N) is 1. The Hall–Kier alpha value is -1.15. The van der Waals surface area contributed by atoms with Crippen LogP contribution in [0.2, 0.25) is 0 Å². The van der Waals surface area contributed by atoms with Crippen molar-refractivity contribution in [3.8, 4) is 0 Å². The molecule has 0 spiro atoms. The van der Waals surface area contributed by atoms with Gasteiger partial charge in [-0.05, 0) is 19.4 Å². The number of aromatic nitrogens is 2. The predicted molar refractivity (Wildman–Crippen MR) is 87.8 cm³/mol. The van der Waals surface area contributed by atoms with E-state index in [1.54, 1.807) is 18.6 Å². The number of hydrogen-bond acceptors (Lipinski definition) is 5. The largest absolute Gasteiger partial charge is 0.383 e. The Labute approximate surface area is 132 Å². The third-order valence-corrected chi connectivity index (χ3v) is 4.75. The summed E-state index contributed by atoms with van der Waals surface area (Å²) in [6.07, 6.45) is 0. The normalized spacial score (nSPS) is 10.9. The Morgan fingerprint density at radius 1 is 1.29 bits per heavy atom. The van der Waals surface area contributed by atoms with Crippen molar-refractivity contribution in [3.63, 3.8) is 0 Å². The fourth-order valence-corrected chi connectivity index (χ4v) is 3.49. The number of nitrogens with zero attached hydrogens (tertiary/aromatic N) is 2. The van der Waals surface area contributed by atoms with Gasteiger partial charge in [-0.1, -0.05) is 0 Å². The zero-order chi connectivity index (χ0) is 14.9. The number of methoxy groups -OCH3 is 1. The molecule has 0 bridgehead atoms. The molecule has 0 atom stereocenters. The summed E-state index contributed by atoms with van der Waals surface area (Å²) in [6, 6.07) is 0. The van der Waals surface area contributed by atoms with Gasteiger partial charge in [0.1, 0.15) is 4.83 Å². The first-order valence-electron chi connectivity index (χ1n) is 6.51. The Balaban J connectivity index is 0.00000220. The summed E-state index contributed by atoms with van der Waals surface area (Å²) in [6.45, 7) is 5.25. The van der Waals surface area contributed by atoms with Crippen LogP contribution in [0.1, 0.15) is 17.4 Å². The lowest BCUT2D eigenvalue weighted by Crippen LogP contribution is -2.39. The quantitative estimate of drug-likeness (QED) is 0.888. The highest BCUT2D eigenvalue weighted by molar-refractivity contribution is 7.18. The topological polar surface area (TPSA) is 79.2 Å². The smallest absolute Gasteiger partial charge is 0.332 e. The maximum atomic E-state index is 12.4. The summed E-state index contributed by atoms with van der Waals surface area (Å²) in [4.78, 5) is 26.5. The molecule has 0 fully saturated rings. The number of hydrogen-bond donors (Lipinski definition) is 1. The fraction of sp³-hybridized carbons (Fsp3) is 0.538. The fourth-order valence-electron chi connectivity index (χ4n) is 2.29. The summed E-state index contributed by atoms with van der Waals surface area (Å²) < 4.78 is 7.92. The molecule has 2 rings (SSSR count). The Morgan fingerprint density at radius 2 is 1.95 bits per heavy atom. The van der Waals surface area contributed by atoms with Crippen LogP contribution in [0.3, 0.4) is 0 Å². The Bertz CT molecular complexity index is 748. The van der Waals surface area contributed by atoms with E-state index in [4.69, 9.17) is 10.5 Å². The zero-order valence-electron chi connectivity index (χ0n) is 12.3. The summed E-state index contributed by atoms with van der Waals surface area (Å²) in [5.74, 6) is 0. The summed E-state index contributed by atoms with van der Waals surface area (Å²) >= 11 is 1.42. The lowest BCUT2D eigenvalue weighted by Gasteiger charge is -2.10. The number of thiophene rings is 1. The van der Waals surface area contributed by atoms with E-state index in [2.05, 4.69) is 0 Å². The van der Waals surface area contributed by atoms with Gasteiger partial charge in [-0.3, -0.25) is 13.9 Å². The Morgan fingerprint density at radius 3 is 2.48 bits per heavy atom. The van der Waals surface area contributed by atoms with E-state index in [1.165, 1.54) is 15.9 Å². The molecular weight excluding hydrogens is 314 g/mol. The molecule has 21 heavy (non-hydrogen) atoms. The van der Waals surface area contributed by atoms with Crippen LogP contribution in [0.15, 0.2) is 9.59 Å². The molecule has 2 N–H and O–H groups in total. The molecule has 2 aromatic heterocycles. The summed E-state index contributed by atoms with van der Waals surface area (Å²) in [7, 11) is 1.59. The molecule has 2 aromatic rings. The van der Waals surface area contributed by atoms with E-state index < -0.39 is 0 Å². The maximum absolute atomic E-state index is 12.4. The highest BCUT2D eigenvalue weighted by Crippen LogP contribution is 2.27. The van der Waals surface area contributed by atoms with Gasteiger partial charge in [0.15, 0.2) is 0 Å². The van der Waals surface area contributed by atoms with Crippen molar-refractivity contribution in [2.24, 2.45) is 5.73 Å². The molecule has 0 unspecified atom stereocenters. The lowest BCUT2D eigenvalue weighted by atomic mass is 10.2. The molecule has 0 radical (unpaired) electrons. The van der Waals surface area contributed by atoms with Crippen molar-refractivity contribution in [2.75, 3.05) is 13.7 Å². The molecule has 2 heterocycles. The van der Waals surface area contributed by atoms with Crippen molar-refractivity contribution < 1.29 is 4.74 Å². The molecule has 0 amide bonds. The Kier molecular flexibility index (Phi) is 6.15. The van der Waals surface area contributed by atoms with Gasteiger partial charge in [-0.25, -0.2) is 4.79 Å². The van der Waals surface area contributed by atoms with Crippen molar-refractivity contribution in [2.45, 2.75) is 33.5 Å². The molecule has 6 nitrogen and oxygen atoms in total. The van der Waals surface area contributed by atoms with Gasteiger partial charge in [-0.15, -0.1) is 23.7 Å². The average Bonchev–Trinajstić information content (AvgIpc) is 2.76. The average molecular weight is 334 g/mol. The third-order valence-electron chi connectivity index (χ3n) is 3.41. The van der Waals surface area contributed by atoms with Gasteiger partial charge in [-0.2, -0.15) is 0 Å². The van der Waals surface area contributed by atoms with Crippen LogP contribution in [-0.2, 0) is 24.4 Å². The van der Waals surface area contributed by atoms with Crippen LogP contribution in [0.4, 0.5) is 0 Å². The van der Waals surface area contributed by atoms with Gasteiger partial charge in [0.05, 0.1) is 18.5 Å². The van der Waals surface area contributed by atoms with Crippen LogP contribution < -0.4 is 17.0 Å². The first kappa shape index (κ1) is 17.9. The number of ether oxygens (including phenoxy) is 1. The minimum absolute atomic E-state index is 0. The number of aryl methyl sites for hydroxylation is 1. The van der Waals surface area contributed by atoms with Crippen LogP contribution in [0.25, 0.3) is 10.2 Å². The van der Waals surface area contributed by atoms with Crippen molar-refractivity contribution in [1.29, 1.82) is 0 Å². The van der Waals surface area contributed by atoms with E-state index >= 15 is 0 Å². The second kappa shape index (κ2) is 7.22. The minimum Gasteiger partial charge on any atom is -0.383 e. The van der Waals surface area contributed by atoms with Crippen molar-refractivity contribution in [1.82, 2.24) is 9.13 Å². The van der Waals surface area contributed by atoms with E-state index in [1.807, 2.05) is 6.92 Å². The minimum atomic E-state index is -0.285. The number of fused-ring (bicyclic) bond motifs is 1. The van der Waals surface area contributed by atoms with Gasteiger partial charge in [0, 0.05) is 25.1 Å².